The standard InChI is InChI=1S/C18H19F2NO4/c1-23-14-7-3-12(4-8-14)5-10-17(22)21-13-6-9-15(24-2)16(11-13)25-18(19)20/h3-4,6-9,11,18H,5,10H2,1-2H3,(H,21,22). The molecule has 0 aliphatic heterocycles. The van der Waals surface area contributed by atoms with E-state index < -0.39 is 6.61 Å². The monoisotopic (exact) mass is 351 g/mol. The van der Waals surface area contributed by atoms with Gasteiger partial charge in [-0.2, -0.15) is 8.78 Å². The lowest BCUT2D eigenvalue weighted by atomic mass is 10.1. The van der Waals surface area contributed by atoms with E-state index in [9.17, 15) is 13.6 Å². The summed E-state index contributed by atoms with van der Waals surface area (Å²) in [5, 5.41) is 2.66. The van der Waals surface area contributed by atoms with Gasteiger partial charge in [0.05, 0.1) is 14.2 Å². The van der Waals surface area contributed by atoms with Gasteiger partial charge in [0.15, 0.2) is 11.5 Å². The zero-order valence-electron chi connectivity index (χ0n) is 13.9. The summed E-state index contributed by atoms with van der Waals surface area (Å²) in [5.41, 5.74) is 1.35. The first-order valence-corrected chi connectivity index (χ1v) is 7.57. The van der Waals surface area contributed by atoms with Gasteiger partial charge in [0.25, 0.3) is 0 Å². The maximum Gasteiger partial charge on any atom is 0.387 e. The molecular weight excluding hydrogens is 332 g/mol. The van der Waals surface area contributed by atoms with Crippen molar-refractivity contribution in [1.29, 1.82) is 0 Å². The molecule has 2 aromatic carbocycles. The summed E-state index contributed by atoms with van der Waals surface area (Å²) in [6.45, 7) is -2.98. The molecule has 0 aliphatic rings. The first-order valence-electron chi connectivity index (χ1n) is 7.57. The van der Waals surface area contributed by atoms with Crippen LogP contribution in [0.25, 0.3) is 0 Å². The Morgan fingerprint density at radius 1 is 1.04 bits per heavy atom. The molecule has 0 fully saturated rings. The van der Waals surface area contributed by atoms with E-state index in [0.29, 0.717) is 12.1 Å². The number of rotatable bonds is 8. The van der Waals surface area contributed by atoms with Gasteiger partial charge in [-0.1, -0.05) is 12.1 Å². The number of carbonyl (C=O) groups is 1. The van der Waals surface area contributed by atoms with Crippen molar-refractivity contribution in [2.24, 2.45) is 0 Å². The fraction of sp³-hybridized carbons (Fsp3) is 0.278. The Kier molecular flexibility index (Phi) is 6.56. The number of anilines is 1. The predicted molar refractivity (Wildman–Crippen MR) is 89.6 cm³/mol. The molecule has 0 aliphatic carbocycles. The predicted octanol–water partition coefficient (Wildman–Crippen LogP) is 3.88. The molecule has 25 heavy (non-hydrogen) atoms. The number of methoxy groups -OCH3 is 2. The molecule has 2 rings (SSSR count). The fourth-order valence-electron chi connectivity index (χ4n) is 2.22. The molecule has 1 amide bonds. The van der Waals surface area contributed by atoms with E-state index in [1.807, 2.05) is 24.3 Å². The summed E-state index contributed by atoms with van der Waals surface area (Å²) in [7, 11) is 2.93. The average Bonchev–Trinajstić information content (AvgIpc) is 2.60. The van der Waals surface area contributed by atoms with Crippen LogP contribution in [-0.4, -0.2) is 26.7 Å². The Balaban J connectivity index is 1.94. The third-order valence-electron chi connectivity index (χ3n) is 3.46. The third-order valence-corrected chi connectivity index (χ3v) is 3.46. The number of benzene rings is 2. The van der Waals surface area contributed by atoms with Crippen LogP contribution in [0.3, 0.4) is 0 Å². The summed E-state index contributed by atoms with van der Waals surface area (Å²) in [6.07, 6.45) is 0.801. The summed E-state index contributed by atoms with van der Waals surface area (Å²) in [6, 6.07) is 11.7. The number of hydrogen-bond acceptors (Lipinski definition) is 4. The molecule has 0 aromatic heterocycles. The lowest BCUT2D eigenvalue weighted by molar-refractivity contribution is -0.116. The summed E-state index contributed by atoms with van der Waals surface area (Å²) in [5.74, 6) is 0.545. The molecule has 0 heterocycles. The summed E-state index contributed by atoms with van der Waals surface area (Å²) >= 11 is 0. The maximum atomic E-state index is 12.4. The van der Waals surface area contributed by atoms with Crippen LogP contribution in [0.15, 0.2) is 42.5 Å². The molecule has 2 aromatic rings. The van der Waals surface area contributed by atoms with Crippen molar-refractivity contribution in [2.75, 3.05) is 19.5 Å². The second kappa shape index (κ2) is 8.86. The molecule has 0 saturated carbocycles. The minimum atomic E-state index is -2.98. The first kappa shape index (κ1) is 18.5. The maximum absolute atomic E-state index is 12.4. The molecule has 0 unspecified atom stereocenters. The molecular formula is C18H19F2NO4. The Morgan fingerprint density at radius 3 is 2.36 bits per heavy atom. The molecule has 0 radical (unpaired) electrons. The summed E-state index contributed by atoms with van der Waals surface area (Å²) in [4.78, 5) is 12.0. The van der Waals surface area contributed by atoms with Gasteiger partial charge in [-0.3, -0.25) is 4.79 Å². The SMILES string of the molecule is COc1ccc(CCC(=O)Nc2ccc(OC)c(OC(F)F)c2)cc1. The fourth-order valence-corrected chi connectivity index (χ4v) is 2.22. The van der Waals surface area contributed by atoms with Crippen LogP contribution < -0.4 is 19.5 Å². The normalized spacial score (nSPS) is 10.4. The zero-order valence-corrected chi connectivity index (χ0v) is 13.9. The summed E-state index contributed by atoms with van der Waals surface area (Å²) < 4.78 is 39.3. The Hall–Kier alpha value is -2.83. The molecule has 0 spiro atoms. The highest BCUT2D eigenvalue weighted by Gasteiger charge is 2.12. The molecule has 0 bridgehead atoms. The lowest BCUT2D eigenvalue weighted by Crippen LogP contribution is -2.13. The third kappa shape index (κ3) is 5.63. The van der Waals surface area contributed by atoms with E-state index in [1.54, 1.807) is 13.2 Å². The van der Waals surface area contributed by atoms with E-state index in [1.165, 1.54) is 19.2 Å². The molecule has 5 nitrogen and oxygen atoms in total. The van der Waals surface area contributed by atoms with E-state index in [-0.39, 0.29) is 23.8 Å². The number of nitrogens with one attached hydrogen (secondary N) is 1. The zero-order chi connectivity index (χ0) is 18.2. The largest absolute Gasteiger partial charge is 0.497 e. The van der Waals surface area contributed by atoms with Crippen molar-refractivity contribution < 1.29 is 27.8 Å². The molecule has 1 N–H and O–H groups in total. The molecule has 7 heteroatoms. The van der Waals surface area contributed by atoms with Gasteiger partial charge in [0.1, 0.15) is 5.75 Å². The number of carbonyl (C=O) groups excluding carboxylic acids is 1. The number of alkyl halides is 2. The average molecular weight is 351 g/mol. The van der Waals surface area contributed by atoms with E-state index in [0.717, 1.165) is 11.3 Å². The highest BCUT2D eigenvalue weighted by Crippen LogP contribution is 2.31. The van der Waals surface area contributed by atoms with Crippen LogP contribution in [0.2, 0.25) is 0 Å². The highest BCUT2D eigenvalue weighted by molar-refractivity contribution is 5.91. The van der Waals surface area contributed by atoms with Crippen molar-refractivity contribution in [1.82, 2.24) is 0 Å². The smallest absolute Gasteiger partial charge is 0.387 e. The number of aryl methyl sites for hydroxylation is 1. The van der Waals surface area contributed by atoms with Gasteiger partial charge in [-0.25, -0.2) is 0 Å². The Morgan fingerprint density at radius 2 is 1.76 bits per heavy atom. The van der Waals surface area contributed by atoms with Gasteiger partial charge in [0.2, 0.25) is 5.91 Å². The number of halogens is 2. The Labute approximate surface area is 144 Å². The van der Waals surface area contributed by atoms with Gasteiger partial charge >= 0.3 is 6.61 Å². The number of hydrogen-bond donors (Lipinski definition) is 1. The van der Waals surface area contributed by atoms with E-state index in [4.69, 9.17) is 9.47 Å². The molecule has 0 saturated heterocycles. The highest BCUT2D eigenvalue weighted by atomic mass is 19.3. The van der Waals surface area contributed by atoms with Crippen molar-refractivity contribution in [3.05, 3.63) is 48.0 Å². The molecule has 0 atom stereocenters. The van der Waals surface area contributed by atoms with Gasteiger partial charge in [-0.05, 0) is 36.2 Å². The van der Waals surface area contributed by atoms with Gasteiger partial charge < -0.3 is 19.5 Å². The Bertz CT molecular complexity index is 705. The number of amides is 1. The molecule has 134 valence electrons. The van der Waals surface area contributed by atoms with Crippen LogP contribution in [0.4, 0.5) is 14.5 Å². The minimum Gasteiger partial charge on any atom is -0.497 e. The van der Waals surface area contributed by atoms with Crippen LogP contribution in [-0.2, 0) is 11.2 Å². The number of ether oxygens (including phenoxy) is 3. The topological polar surface area (TPSA) is 56.8 Å². The van der Waals surface area contributed by atoms with Crippen molar-refractivity contribution in [2.45, 2.75) is 19.5 Å². The van der Waals surface area contributed by atoms with Crippen LogP contribution in [0.5, 0.6) is 17.2 Å². The van der Waals surface area contributed by atoms with Crippen LogP contribution >= 0.6 is 0 Å². The van der Waals surface area contributed by atoms with Crippen molar-refractivity contribution in [3.63, 3.8) is 0 Å². The second-order valence-corrected chi connectivity index (χ2v) is 5.14. The van der Waals surface area contributed by atoms with Crippen LogP contribution in [0.1, 0.15) is 12.0 Å². The quantitative estimate of drug-likeness (QED) is 0.784. The first-order chi connectivity index (χ1) is 12.0. The lowest BCUT2D eigenvalue weighted by Gasteiger charge is -2.12. The van der Waals surface area contributed by atoms with E-state index >= 15 is 0 Å². The second-order valence-electron chi connectivity index (χ2n) is 5.14. The minimum absolute atomic E-state index is 0.134. The van der Waals surface area contributed by atoms with Gasteiger partial charge in [0, 0.05) is 18.2 Å². The van der Waals surface area contributed by atoms with Gasteiger partial charge in [-0.15, -0.1) is 0 Å². The van der Waals surface area contributed by atoms with Crippen molar-refractivity contribution in [3.8, 4) is 17.2 Å². The van der Waals surface area contributed by atoms with E-state index in [2.05, 4.69) is 10.1 Å². The van der Waals surface area contributed by atoms with Crippen LogP contribution in [0, 0.1) is 0 Å². The van der Waals surface area contributed by atoms with Crippen molar-refractivity contribution >= 4 is 11.6 Å².